The van der Waals surface area contributed by atoms with Crippen molar-refractivity contribution in [1.82, 2.24) is 5.32 Å². The van der Waals surface area contributed by atoms with Gasteiger partial charge in [0, 0.05) is 0 Å². The fourth-order valence-corrected chi connectivity index (χ4v) is 2.97. The van der Waals surface area contributed by atoms with Crippen LogP contribution >= 0.6 is 0 Å². The molecule has 0 unspecified atom stereocenters. The molecule has 0 saturated carbocycles. The number of rotatable bonds is 4. The van der Waals surface area contributed by atoms with Crippen LogP contribution in [-0.4, -0.2) is 27.3 Å². The van der Waals surface area contributed by atoms with Gasteiger partial charge in [-0.1, -0.05) is 0 Å². The van der Waals surface area contributed by atoms with Crippen molar-refractivity contribution in [2.75, 3.05) is 27.3 Å². The van der Waals surface area contributed by atoms with Gasteiger partial charge in [0.25, 0.3) is 0 Å². The molecule has 1 aliphatic heterocycles. The van der Waals surface area contributed by atoms with Crippen molar-refractivity contribution in [3.63, 3.8) is 0 Å². The first kappa shape index (κ1) is 14.2. The normalized spacial score (nSPS) is 16.4. The highest BCUT2D eigenvalue weighted by atomic mass is 16.5. The van der Waals surface area contributed by atoms with Crippen LogP contribution in [0.5, 0.6) is 11.5 Å². The van der Waals surface area contributed by atoms with Crippen molar-refractivity contribution in [2.45, 2.75) is 33.1 Å². The van der Waals surface area contributed by atoms with E-state index in [9.17, 15) is 0 Å². The largest absolute Gasteiger partial charge is 0.496 e. The van der Waals surface area contributed by atoms with Crippen LogP contribution in [0.25, 0.3) is 0 Å². The van der Waals surface area contributed by atoms with Gasteiger partial charge >= 0.3 is 0 Å². The van der Waals surface area contributed by atoms with Crippen LogP contribution in [0.2, 0.25) is 0 Å². The van der Waals surface area contributed by atoms with Gasteiger partial charge in [0.1, 0.15) is 11.5 Å². The molecule has 1 heterocycles. The van der Waals surface area contributed by atoms with Crippen molar-refractivity contribution >= 4 is 0 Å². The van der Waals surface area contributed by atoms with Gasteiger partial charge in [0.05, 0.1) is 14.2 Å². The van der Waals surface area contributed by atoms with Crippen LogP contribution < -0.4 is 14.8 Å². The molecule has 1 aromatic carbocycles. The predicted molar refractivity (Wildman–Crippen MR) is 78.3 cm³/mol. The van der Waals surface area contributed by atoms with Crippen molar-refractivity contribution in [3.05, 3.63) is 22.8 Å². The molecule has 1 fully saturated rings. The lowest BCUT2D eigenvalue weighted by atomic mass is 9.89. The van der Waals surface area contributed by atoms with Crippen LogP contribution in [0, 0.1) is 19.8 Å². The first-order valence-corrected chi connectivity index (χ1v) is 7.09. The Kier molecular flexibility index (Phi) is 4.70. The van der Waals surface area contributed by atoms with Crippen LogP contribution in [0.4, 0.5) is 0 Å². The molecule has 3 heteroatoms. The molecule has 2 rings (SSSR count). The third-order valence-corrected chi connectivity index (χ3v) is 4.26. The zero-order valence-corrected chi connectivity index (χ0v) is 12.5. The third-order valence-electron chi connectivity index (χ3n) is 4.26. The number of benzene rings is 1. The van der Waals surface area contributed by atoms with Crippen molar-refractivity contribution in [2.24, 2.45) is 5.92 Å². The van der Waals surface area contributed by atoms with Crippen LogP contribution in [-0.2, 0) is 6.42 Å². The second-order valence-electron chi connectivity index (χ2n) is 5.42. The Morgan fingerprint density at radius 3 is 2.37 bits per heavy atom. The Morgan fingerprint density at radius 2 is 1.79 bits per heavy atom. The minimum Gasteiger partial charge on any atom is -0.496 e. The lowest BCUT2D eigenvalue weighted by molar-refractivity contribution is 0.357. The standard InChI is InChI=1S/C16H25NO2/c1-11-12(2)16(19-4)14(10-15(11)18-3)9-13-5-7-17-8-6-13/h10,13,17H,5-9H2,1-4H3. The zero-order valence-electron chi connectivity index (χ0n) is 12.5. The summed E-state index contributed by atoms with van der Waals surface area (Å²) in [5.41, 5.74) is 3.66. The van der Waals surface area contributed by atoms with Gasteiger partial charge in [-0.2, -0.15) is 0 Å². The summed E-state index contributed by atoms with van der Waals surface area (Å²) in [5, 5.41) is 3.42. The molecule has 1 aromatic rings. The van der Waals surface area contributed by atoms with E-state index in [0.29, 0.717) is 0 Å². The van der Waals surface area contributed by atoms with Crippen molar-refractivity contribution in [3.8, 4) is 11.5 Å². The molecule has 3 nitrogen and oxygen atoms in total. The highest BCUT2D eigenvalue weighted by molar-refractivity contribution is 5.52. The minimum atomic E-state index is 0.752. The van der Waals surface area contributed by atoms with E-state index in [2.05, 4.69) is 25.2 Å². The first-order valence-electron chi connectivity index (χ1n) is 7.09. The highest BCUT2D eigenvalue weighted by Crippen LogP contribution is 2.35. The second-order valence-corrected chi connectivity index (χ2v) is 5.42. The summed E-state index contributed by atoms with van der Waals surface area (Å²) in [6.45, 7) is 6.47. The van der Waals surface area contributed by atoms with Gasteiger partial charge in [-0.15, -0.1) is 0 Å². The van der Waals surface area contributed by atoms with Crippen molar-refractivity contribution < 1.29 is 9.47 Å². The fourth-order valence-electron chi connectivity index (χ4n) is 2.97. The Bertz CT molecular complexity index is 437. The summed E-state index contributed by atoms with van der Waals surface area (Å²) < 4.78 is 11.1. The molecule has 0 atom stereocenters. The Balaban J connectivity index is 2.29. The predicted octanol–water partition coefficient (Wildman–Crippen LogP) is 2.86. The zero-order chi connectivity index (χ0) is 13.8. The number of piperidine rings is 1. The van der Waals surface area contributed by atoms with Gasteiger partial charge in [-0.3, -0.25) is 0 Å². The van der Waals surface area contributed by atoms with E-state index in [1.807, 2.05) is 0 Å². The molecule has 0 spiro atoms. The molecular weight excluding hydrogens is 238 g/mol. The van der Waals surface area contributed by atoms with E-state index in [0.717, 1.165) is 36.9 Å². The summed E-state index contributed by atoms with van der Waals surface area (Å²) in [4.78, 5) is 0. The molecule has 19 heavy (non-hydrogen) atoms. The molecule has 1 N–H and O–H groups in total. The molecule has 0 aliphatic carbocycles. The SMILES string of the molecule is COc1cc(CC2CCNCC2)c(OC)c(C)c1C. The number of nitrogens with one attached hydrogen (secondary N) is 1. The summed E-state index contributed by atoms with van der Waals surface area (Å²) in [7, 11) is 3.50. The number of methoxy groups -OCH3 is 2. The molecule has 0 radical (unpaired) electrons. The van der Waals surface area contributed by atoms with E-state index in [4.69, 9.17) is 9.47 Å². The van der Waals surface area contributed by atoms with Gasteiger partial charge in [-0.05, 0) is 74.9 Å². The van der Waals surface area contributed by atoms with Crippen LogP contribution in [0.15, 0.2) is 6.07 Å². The van der Waals surface area contributed by atoms with Gasteiger partial charge in [-0.25, -0.2) is 0 Å². The maximum absolute atomic E-state index is 5.63. The van der Waals surface area contributed by atoms with Gasteiger partial charge < -0.3 is 14.8 Å². The number of hydrogen-bond acceptors (Lipinski definition) is 3. The third kappa shape index (κ3) is 3.03. The monoisotopic (exact) mass is 263 g/mol. The molecule has 1 saturated heterocycles. The van der Waals surface area contributed by atoms with Gasteiger partial charge in [0.15, 0.2) is 0 Å². The smallest absolute Gasteiger partial charge is 0.125 e. The van der Waals surface area contributed by atoms with Crippen LogP contribution in [0.1, 0.15) is 29.5 Å². The van der Waals surface area contributed by atoms with E-state index in [1.54, 1.807) is 14.2 Å². The van der Waals surface area contributed by atoms with E-state index < -0.39 is 0 Å². The lowest BCUT2D eigenvalue weighted by Gasteiger charge is -2.24. The number of ether oxygens (including phenoxy) is 2. The minimum absolute atomic E-state index is 0.752. The van der Waals surface area contributed by atoms with Gasteiger partial charge in [0.2, 0.25) is 0 Å². The van der Waals surface area contributed by atoms with Crippen LogP contribution in [0.3, 0.4) is 0 Å². The lowest BCUT2D eigenvalue weighted by Crippen LogP contribution is -2.28. The van der Waals surface area contributed by atoms with E-state index in [1.165, 1.54) is 29.5 Å². The maximum atomic E-state index is 5.63. The quantitative estimate of drug-likeness (QED) is 0.906. The summed E-state index contributed by atoms with van der Waals surface area (Å²) in [6, 6.07) is 2.16. The Hall–Kier alpha value is -1.22. The summed E-state index contributed by atoms with van der Waals surface area (Å²) >= 11 is 0. The maximum Gasteiger partial charge on any atom is 0.125 e. The highest BCUT2D eigenvalue weighted by Gasteiger charge is 2.19. The van der Waals surface area contributed by atoms with E-state index in [-0.39, 0.29) is 0 Å². The molecule has 0 bridgehead atoms. The first-order chi connectivity index (χ1) is 9.17. The molecule has 0 aromatic heterocycles. The average Bonchev–Trinajstić information content (AvgIpc) is 2.44. The topological polar surface area (TPSA) is 30.5 Å². The summed E-state index contributed by atoms with van der Waals surface area (Å²) in [5.74, 6) is 2.76. The summed E-state index contributed by atoms with van der Waals surface area (Å²) in [6.07, 6.45) is 3.58. The fraction of sp³-hybridized carbons (Fsp3) is 0.625. The molecule has 106 valence electrons. The molecule has 0 amide bonds. The Morgan fingerprint density at radius 1 is 1.11 bits per heavy atom. The van der Waals surface area contributed by atoms with E-state index >= 15 is 0 Å². The average molecular weight is 263 g/mol. The molecule has 1 aliphatic rings. The number of hydrogen-bond donors (Lipinski definition) is 1. The van der Waals surface area contributed by atoms with Crippen molar-refractivity contribution in [1.29, 1.82) is 0 Å². The Labute approximate surface area is 116 Å². The molecular formula is C16H25NO2. The second kappa shape index (κ2) is 6.29.